The first kappa shape index (κ1) is 17.8. The van der Waals surface area contributed by atoms with E-state index in [2.05, 4.69) is 19.9 Å². The minimum atomic E-state index is -3.46. The Balaban J connectivity index is 0.00000182. The minimum absolute atomic E-state index is 0. The summed E-state index contributed by atoms with van der Waals surface area (Å²) in [6, 6.07) is 7.21. The van der Waals surface area contributed by atoms with Crippen LogP contribution in [0.4, 0.5) is 0 Å². The van der Waals surface area contributed by atoms with E-state index in [4.69, 9.17) is 0 Å². The van der Waals surface area contributed by atoms with Crippen molar-refractivity contribution in [2.24, 2.45) is 0 Å². The number of hydrogen-bond donors (Lipinski definition) is 2. The fraction of sp³-hybridized carbons (Fsp3) is 0.294. The molecule has 0 spiro atoms. The van der Waals surface area contributed by atoms with Gasteiger partial charge in [-0.3, -0.25) is 10.1 Å². The maximum Gasteiger partial charge on any atom is 0.240 e. The first-order chi connectivity index (χ1) is 11.5. The second-order valence-electron chi connectivity index (χ2n) is 6.15. The molecule has 1 aromatic carbocycles. The molecule has 0 aliphatic heterocycles. The second-order valence-corrected chi connectivity index (χ2v) is 8.01. The number of aromatic amines is 1. The number of nitrogens with zero attached hydrogens (tertiary/aromatic N) is 2. The maximum absolute atomic E-state index is 12.1. The van der Waals surface area contributed by atoms with E-state index < -0.39 is 10.0 Å². The molecule has 4 rings (SSSR count). The van der Waals surface area contributed by atoms with Gasteiger partial charge in [-0.15, -0.1) is 12.4 Å². The lowest BCUT2D eigenvalue weighted by Gasteiger charge is -2.10. The molecule has 2 aromatic heterocycles. The highest BCUT2D eigenvalue weighted by molar-refractivity contribution is 7.89. The lowest BCUT2D eigenvalue weighted by Crippen LogP contribution is -2.19. The van der Waals surface area contributed by atoms with E-state index in [-0.39, 0.29) is 17.3 Å². The van der Waals surface area contributed by atoms with Crippen LogP contribution in [0.1, 0.15) is 30.0 Å². The van der Waals surface area contributed by atoms with Crippen molar-refractivity contribution in [3.63, 3.8) is 0 Å². The highest BCUT2D eigenvalue weighted by Crippen LogP contribution is 2.44. The second kappa shape index (κ2) is 6.40. The number of aryl methyl sites for hydroxylation is 1. The number of aromatic nitrogens is 3. The first-order valence-electron chi connectivity index (χ1n) is 7.89. The van der Waals surface area contributed by atoms with Crippen LogP contribution in [0.5, 0.6) is 0 Å². The topological polar surface area (TPSA) is 87.7 Å². The van der Waals surface area contributed by atoms with E-state index in [0.717, 1.165) is 27.9 Å². The number of sulfonamides is 1. The van der Waals surface area contributed by atoms with Gasteiger partial charge in [-0.1, -0.05) is 6.07 Å². The lowest BCUT2D eigenvalue weighted by molar-refractivity contribution is 0.587. The van der Waals surface area contributed by atoms with Crippen molar-refractivity contribution in [1.82, 2.24) is 19.9 Å². The van der Waals surface area contributed by atoms with Gasteiger partial charge in [0.25, 0.3) is 0 Å². The zero-order chi connectivity index (χ0) is 16.9. The molecule has 2 heterocycles. The Kier molecular flexibility index (Phi) is 4.57. The highest BCUT2D eigenvalue weighted by atomic mass is 35.5. The SMILES string of the molecule is CNS(=O)(=O)c1ccc(-c2nccc3n[nH]c(C4CC4)c23)cc1C.Cl. The van der Waals surface area contributed by atoms with Crippen molar-refractivity contribution < 1.29 is 8.42 Å². The average Bonchev–Trinajstić information content (AvgIpc) is 3.33. The number of pyridine rings is 1. The van der Waals surface area contributed by atoms with Gasteiger partial charge < -0.3 is 0 Å². The van der Waals surface area contributed by atoms with Crippen molar-refractivity contribution in [3.8, 4) is 11.3 Å². The lowest BCUT2D eigenvalue weighted by atomic mass is 10.0. The van der Waals surface area contributed by atoms with Gasteiger partial charge in [-0.25, -0.2) is 13.1 Å². The van der Waals surface area contributed by atoms with Gasteiger partial charge in [0, 0.05) is 28.8 Å². The normalized spacial score (nSPS) is 14.5. The van der Waals surface area contributed by atoms with Crippen molar-refractivity contribution in [1.29, 1.82) is 0 Å². The first-order valence-corrected chi connectivity index (χ1v) is 9.37. The van der Waals surface area contributed by atoms with E-state index in [1.54, 1.807) is 19.2 Å². The fourth-order valence-corrected chi connectivity index (χ4v) is 4.03. The number of halogens is 1. The molecule has 0 unspecified atom stereocenters. The summed E-state index contributed by atoms with van der Waals surface area (Å²) in [5.41, 5.74) is 4.47. The third-order valence-electron chi connectivity index (χ3n) is 4.49. The van der Waals surface area contributed by atoms with E-state index >= 15 is 0 Å². The Bertz CT molecular complexity index is 1040. The van der Waals surface area contributed by atoms with Crippen LogP contribution in [-0.2, 0) is 10.0 Å². The molecule has 1 fully saturated rings. The smallest absolute Gasteiger partial charge is 0.240 e. The van der Waals surface area contributed by atoms with E-state index in [0.29, 0.717) is 11.5 Å². The molecule has 1 aliphatic carbocycles. The summed E-state index contributed by atoms with van der Waals surface area (Å²) < 4.78 is 26.5. The highest BCUT2D eigenvalue weighted by Gasteiger charge is 2.29. The average molecular weight is 379 g/mol. The van der Waals surface area contributed by atoms with Crippen molar-refractivity contribution in [2.75, 3.05) is 7.05 Å². The summed E-state index contributed by atoms with van der Waals surface area (Å²) in [6.45, 7) is 1.80. The zero-order valence-electron chi connectivity index (χ0n) is 13.9. The number of rotatable bonds is 4. The molecule has 0 amide bonds. The molecule has 0 radical (unpaired) electrons. The molecule has 132 valence electrons. The number of hydrogen-bond acceptors (Lipinski definition) is 4. The summed E-state index contributed by atoms with van der Waals surface area (Å²) in [4.78, 5) is 4.84. The van der Waals surface area contributed by atoms with Gasteiger partial charge in [0.05, 0.1) is 16.1 Å². The summed E-state index contributed by atoms with van der Waals surface area (Å²) in [5.74, 6) is 0.531. The summed E-state index contributed by atoms with van der Waals surface area (Å²) in [5, 5.41) is 8.58. The van der Waals surface area contributed by atoms with Crippen LogP contribution in [0.15, 0.2) is 35.4 Å². The van der Waals surface area contributed by atoms with Crippen LogP contribution in [0.3, 0.4) is 0 Å². The van der Waals surface area contributed by atoms with Crippen LogP contribution < -0.4 is 4.72 Å². The van der Waals surface area contributed by atoms with Crippen molar-refractivity contribution in [2.45, 2.75) is 30.6 Å². The van der Waals surface area contributed by atoms with Crippen LogP contribution in [0.25, 0.3) is 22.2 Å². The maximum atomic E-state index is 12.1. The third kappa shape index (κ3) is 3.03. The Morgan fingerprint density at radius 2 is 2.00 bits per heavy atom. The van der Waals surface area contributed by atoms with E-state index in [1.165, 1.54) is 19.9 Å². The van der Waals surface area contributed by atoms with Gasteiger partial charge in [-0.2, -0.15) is 5.10 Å². The fourth-order valence-electron chi connectivity index (χ4n) is 3.08. The molecule has 2 N–H and O–H groups in total. The summed E-state index contributed by atoms with van der Waals surface area (Å²) >= 11 is 0. The zero-order valence-corrected chi connectivity index (χ0v) is 15.5. The van der Waals surface area contributed by atoms with Crippen LogP contribution in [-0.4, -0.2) is 30.6 Å². The molecule has 0 bridgehead atoms. The number of nitrogens with one attached hydrogen (secondary N) is 2. The molecule has 1 saturated carbocycles. The molecule has 6 nitrogen and oxygen atoms in total. The molecule has 8 heteroatoms. The van der Waals surface area contributed by atoms with Crippen LogP contribution >= 0.6 is 12.4 Å². The Morgan fingerprint density at radius 1 is 1.24 bits per heavy atom. The molecule has 3 aromatic rings. The van der Waals surface area contributed by atoms with E-state index in [1.807, 2.05) is 18.2 Å². The van der Waals surface area contributed by atoms with Gasteiger partial charge >= 0.3 is 0 Å². The van der Waals surface area contributed by atoms with Crippen molar-refractivity contribution >= 4 is 33.3 Å². The number of benzene rings is 1. The minimum Gasteiger partial charge on any atom is -0.281 e. The summed E-state index contributed by atoms with van der Waals surface area (Å²) in [7, 11) is -2.04. The molecular weight excluding hydrogens is 360 g/mol. The third-order valence-corrected chi connectivity index (χ3v) is 6.06. The number of H-pyrrole nitrogens is 1. The molecule has 1 aliphatic rings. The van der Waals surface area contributed by atoms with Gasteiger partial charge in [0.15, 0.2) is 0 Å². The van der Waals surface area contributed by atoms with Gasteiger partial charge in [0.1, 0.15) is 0 Å². The van der Waals surface area contributed by atoms with E-state index in [9.17, 15) is 8.42 Å². The van der Waals surface area contributed by atoms with Gasteiger partial charge in [0.2, 0.25) is 10.0 Å². The Labute approximate surface area is 152 Å². The molecular formula is C17H19ClN4O2S. The quantitative estimate of drug-likeness (QED) is 0.730. The molecule has 0 saturated heterocycles. The largest absolute Gasteiger partial charge is 0.281 e. The standard InChI is InChI=1S/C17H18N4O2S.ClH/c1-10-9-12(5-6-14(10)24(22,23)18-2)16-15-13(7-8-19-16)20-21-17(15)11-3-4-11;/h5-9,11,18H,3-4H2,1-2H3,(H,20,21);1H. The number of fused-ring (bicyclic) bond motifs is 1. The van der Waals surface area contributed by atoms with Crippen LogP contribution in [0.2, 0.25) is 0 Å². The van der Waals surface area contributed by atoms with Crippen LogP contribution in [0, 0.1) is 6.92 Å². The summed E-state index contributed by atoms with van der Waals surface area (Å²) in [6.07, 6.45) is 4.08. The Hall–Kier alpha value is -1.96. The monoisotopic (exact) mass is 378 g/mol. The predicted molar refractivity (Wildman–Crippen MR) is 99.5 cm³/mol. The molecule has 25 heavy (non-hydrogen) atoms. The predicted octanol–water partition coefficient (Wildman–Crippen LogP) is 3.14. The Morgan fingerprint density at radius 3 is 2.64 bits per heavy atom. The molecule has 0 atom stereocenters. The van der Waals surface area contributed by atoms with Crippen molar-refractivity contribution in [3.05, 3.63) is 41.7 Å². The van der Waals surface area contributed by atoms with Gasteiger partial charge in [-0.05, 0) is 50.6 Å².